The van der Waals surface area contributed by atoms with Gasteiger partial charge in [0, 0.05) is 23.3 Å². The summed E-state index contributed by atoms with van der Waals surface area (Å²) in [6.45, 7) is 1.60. The third-order valence-corrected chi connectivity index (χ3v) is 5.89. The summed E-state index contributed by atoms with van der Waals surface area (Å²) in [5, 5.41) is 4.95. The Morgan fingerprint density at radius 2 is 1.93 bits per heavy atom. The van der Waals surface area contributed by atoms with Gasteiger partial charge in [-0.2, -0.15) is 0 Å². The number of rotatable bonds is 5. The first-order chi connectivity index (χ1) is 14.0. The zero-order chi connectivity index (χ0) is 20.4. The molecule has 3 heterocycles. The van der Waals surface area contributed by atoms with Gasteiger partial charge in [-0.25, -0.2) is 4.79 Å². The molecule has 1 atom stereocenters. The van der Waals surface area contributed by atoms with E-state index in [4.69, 9.17) is 21.1 Å². The van der Waals surface area contributed by atoms with E-state index in [9.17, 15) is 14.4 Å². The van der Waals surface area contributed by atoms with E-state index in [0.717, 1.165) is 5.69 Å². The maximum atomic E-state index is 12.2. The topological polar surface area (TPSA) is 88.2 Å². The minimum atomic E-state index is -0.474. The lowest BCUT2D eigenvalue weighted by molar-refractivity contribution is -0.125. The monoisotopic (exact) mass is 435 g/mol. The van der Waals surface area contributed by atoms with Gasteiger partial charge in [-0.05, 0) is 30.3 Å². The number of anilines is 2. The molecule has 1 aromatic heterocycles. The van der Waals surface area contributed by atoms with Crippen LogP contribution in [0.4, 0.5) is 16.2 Å². The first-order valence-corrected chi connectivity index (χ1v) is 10.3. The standard InChI is InChI=1S/C19H18ClN3O5S/c20-12-7-16(29-11-12)18(25)21-8-15-9-23(19(26)28-15)14-3-1-13(2-4-14)22-5-6-27-10-17(22)24/h1-4,7,11,15H,5-6,8-10H2,(H,21,25)/t15-/m1/s1. The lowest BCUT2D eigenvalue weighted by Crippen LogP contribution is -2.41. The molecule has 2 fully saturated rings. The quantitative estimate of drug-likeness (QED) is 0.779. The second-order valence-corrected chi connectivity index (χ2v) is 7.92. The van der Waals surface area contributed by atoms with Crippen molar-refractivity contribution in [3.63, 3.8) is 0 Å². The fourth-order valence-electron chi connectivity index (χ4n) is 3.17. The highest BCUT2D eigenvalue weighted by molar-refractivity contribution is 7.12. The van der Waals surface area contributed by atoms with Crippen molar-refractivity contribution in [3.8, 4) is 0 Å². The van der Waals surface area contributed by atoms with Gasteiger partial charge in [0.2, 0.25) is 0 Å². The third-order valence-electron chi connectivity index (χ3n) is 4.61. The number of carbonyl (C=O) groups excluding carboxylic acids is 3. The minimum Gasteiger partial charge on any atom is -0.442 e. The Balaban J connectivity index is 1.35. The van der Waals surface area contributed by atoms with E-state index in [2.05, 4.69) is 5.32 Å². The fraction of sp³-hybridized carbons (Fsp3) is 0.316. The van der Waals surface area contributed by atoms with Gasteiger partial charge in [0.1, 0.15) is 12.7 Å². The van der Waals surface area contributed by atoms with E-state index < -0.39 is 12.2 Å². The van der Waals surface area contributed by atoms with Crippen molar-refractivity contribution in [1.29, 1.82) is 0 Å². The Hall–Kier alpha value is -2.62. The summed E-state index contributed by atoms with van der Waals surface area (Å²) in [6.07, 6.45) is -0.930. The smallest absolute Gasteiger partial charge is 0.414 e. The summed E-state index contributed by atoms with van der Waals surface area (Å²) < 4.78 is 10.5. The molecule has 0 radical (unpaired) electrons. The first-order valence-electron chi connectivity index (χ1n) is 9.00. The second-order valence-electron chi connectivity index (χ2n) is 6.57. The summed E-state index contributed by atoms with van der Waals surface area (Å²) in [4.78, 5) is 39.9. The number of hydrogen-bond donors (Lipinski definition) is 1. The van der Waals surface area contributed by atoms with Crippen molar-refractivity contribution in [2.24, 2.45) is 0 Å². The van der Waals surface area contributed by atoms with E-state index >= 15 is 0 Å². The van der Waals surface area contributed by atoms with Crippen LogP contribution in [-0.4, -0.2) is 56.9 Å². The Labute approximate surface area is 175 Å². The number of halogens is 1. The van der Waals surface area contributed by atoms with Gasteiger partial charge in [0.05, 0.1) is 29.6 Å². The lowest BCUT2D eigenvalue weighted by Gasteiger charge is -2.27. The van der Waals surface area contributed by atoms with Crippen LogP contribution in [-0.2, 0) is 14.3 Å². The van der Waals surface area contributed by atoms with Crippen LogP contribution in [0.5, 0.6) is 0 Å². The third kappa shape index (κ3) is 4.36. The van der Waals surface area contributed by atoms with Gasteiger partial charge in [0.15, 0.2) is 0 Å². The molecule has 0 bridgehead atoms. The highest BCUT2D eigenvalue weighted by Crippen LogP contribution is 2.26. The SMILES string of the molecule is O=C(NC[C@@H]1CN(c2ccc(N3CCOCC3=O)cc2)C(=O)O1)c1cc(Cl)cs1. The van der Waals surface area contributed by atoms with E-state index in [1.165, 1.54) is 16.2 Å². The summed E-state index contributed by atoms with van der Waals surface area (Å²) in [5.74, 6) is -0.344. The minimum absolute atomic E-state index is 0.0747. The molecule has 4 rings (SSSR count). The summed E-state index contributed by atoms with van der Waals surface area (Å²) >= 11 is 7.09. The van der Waals surface area contributed by atoms with Crippen LogP contribution >= 0.6 is 22.9 Å². The number of morpholine rings is 1. The van der Waals surface area contributed by atoms with E-state index in [1.54, 1.807) is 40.6 Å². The predicted molar refractivity (Wildman–Crippen MR) is 109 cm³/mol. The number of amides is 3. The summed E-state index contributed by atoms with van der Waals surface area (Å²) in [5.41, 5.74) is 1.42. The van der Waals surface area contributed by atoms with Crippen molar-refractivity contribution in [2.75, 3.05) is 42.6 Å². The maximum Gasteiger partial charge on any atom is 0.414 e. The van der Waals surface area contributed by atoms with Gasteiger partial charge in [-0.15, -0.1) is 11.3 Å². The average molecular weight is 436 g/mol. The number of ether oxygens (including phenoxy) is 2. The highest BCUT2D eigenvalue weighted by atomic mass is 35.5. The van der Waals surface area contributed by atoms with Crippen LogP contribution in [0.3, 0.4) is 0 Å². The molecule has 10 heteroatoms. The number of nitrogens with zero attached hydrogens (tertiary/aromatic N) is 2. The molecule has 0 spiro atoms. The number of cyclic esters (lactones) is 1. The van der Waals surface area contributed by atoms with Crippen molar-refractivity contribution in [3.05, 3.63) is 45.6 Å². The molecule has 2 aliphatic heterocycles. The number of nitrogens with one attached hydrogen (secondary N) is 1. The number of hydrogen-bond acceptors (Lipinski definition) is 6. The Kier molecular flexibility index (Phi) is 5.70. The van der Waals surface area contributed by atoms with Crippen molar-refractivity contribution >= 4 is 52.2 Å². The zero-order valence-electron chi connectivity index (χ0n) is 15.3. The van der Waals surface area contributed by atoms with E-state index in [1.807, 2.05) is 0 Å². The van der Waals surface area contributed by atoms with Gasteiger partial charge >= 0.3 is 6.09 Å². The van der Waals surface area contributed by atoms with Crippen molar-refractivity contribution < 1.29 is 23.9 Å². The van der Waals surface area contributed by atoms with Crippen molar-refractivity contribution in [2.45, 2.75) is 6.10 Å². The van der Waals surface area contributed by atoms with Gasteiger partial charge in [0.25, 0.3) is 11.8 Å². The van der Waals surface area contributed by atoms with Crippen LogP contribution in [0.2, 0.25) is 5.02 Å². The number of thiophene rings is 1. The molecule has 2 aliphatic rings. The molecule has 0 aliphatic carbocycles. The van der Waals surface area contributed by atoms with Crippen LogP contribution in [0.25, 0.3) is 0 Å². The van der Waals surface area contributed by atoms with Gasteiger partial charge in [-0.3, -0.25) is 14.5 Å². The van der Waals surface area contributed by atoms with Crippen LogP contribution in [0, 0.1) is 0 Å². The molecule has 2 aromatic rings. The highest BCUT2D eigenvalue weighted by Gasteiger charge is 2.33. The van der Waals surface area contributed by atoms with Crippen LogP contribution in [0.1, 0.15) is 9.67 Å². The molecule has 3 amide bonds. The fourth-order valence-corrected chi connectivity index (χ4v) is 4.16. The molecular weight excluding hydrogens is 418 g/mol. The Bertz CT molecular complexity index is 932. The second kappa shape index (κ2) is 8.40. The van der Waals surface area contributed by atoms with E-state index in [-0.39, 0.29) is 25.0 Å². The zero-order valence-corrected chi connectivity index (χ0v) is 16.9. The van der Waals surface area contributed by atoms with Crippen LogP contribution in [0.15, 0.2) is 35.7 Å². The molecule has 0 saturated carbocycles. The molecular formula is C19H18ClN3O5S. The number of carbonyl (C=O) groups is 3. The first kappa shape index (κ1) is 19.7. The maximum absolute atomic E-state index is 12.2. The summed E-state index contributed by atoms with van der Waals surface area (Å²) in [7, 11) is 0. The molecule has 8 nitrogen and oxygen atoms in total. The molecule has 29 heavy (non-hydrogen) atoms. The number of benzene rings is 1. The predicted octanol–water partition coefficient (Wildman–Crippen LogP) is 2.52. The summed E-state index contributed by atoms with van der Waals surface area (Å²) in [6, 6.07) is 8.72. The largest absolute Gasteiger partial charge is 0.442 e. The molecule has 2 saturated heterocycles. The molecule has 0 unspecified atom stereocenters. The Morgan fingerprint density at radius 1 is 1.21 bits per heavy atom. The Morgan fingerprint density at radius 3 is 2.59 bits per heavy atom. The van der Waals surface area contributed by atoms with Crippen LogP contribution < -0.4 is 15.1 Å². The average Bonchev–Trinajstić information content (AvgIpc) is 3.32. The molecule has 1 aromatic carbocycles. The van der Waals surface area contributed by atoms with E-state index in [0.29, 0.717) is 35.3 Å². The van der Waals surface area contributed by atoms with Gasteiger partial charge in [-0.1, -0.05) is 11.6 Å². The van der Waals surface area contributed by atoms with Crippen molar-refractivity contribution in [1.82, 2.24) is 5.32 Å². The molecule has 152 valence electrons. The lowest BCUT2D eigenvalue weighted by atomic mass is 10.2. The molecule has 1 N–H and O–H groups in total. The normalized spacial score (nSPS) is 19.4. The van der Waals surface area contributed by atoms with Gasteiger partial charge < -0.3 is 19.7 Å².